The molecule has 6 nitrogen and oxygen atoms in total. The van der Waals surface area contributed by atoms with Crippen molar-refractivity contribution in [1.82, 2.24) is 4.57 Å². The summed E-state index contributed by atoms with van der Waals surface area (Å²) in [5.74, 6) is 0.775. The van der Waals surface area contributed by atoms with Gasteiger partial charge in [-0.2, -0.15) is 0 Å². The Morgan fingerprint density at radius 2 is 1.72 bits per heavy atom. The van der Waals surface area contributed by atoms with Gasteiger partial charge in [-0.15, -0.1) is 0 Å². The molecule has 0 aliphatic rings. The average molecular weight is 389 g/mol. The molecule has 0 aliphatic carbocycles. The molecule has 0 saturated heterocycles. The Bertz CT molecular complexity index is 1320. The topological polar surface area (TPSA) is 84.2 Å². The normalized spacial score (nSPS) is 11.3. The molecule has 2 N–H and O–H groups in total. The first kappa shape index (κ1) is 19.0. The van der Waals surface area contributed by atoms with Crippen LogP contribution in [0.25, 0.3) is 33.0 Å². The van der Waals surface area contributed by atoms with Crippen LogP contribution in [0.2, 0.25) is 0 Å². The largest absolute Gasteiger partial charge is 0.497 e. The molecule has 0 amide bonds. The number of ether oxygens (including phenoxy) is 2. The van der Waals surface area contributed by atoms with Gasteiger partial charge in [-0.05, 0) is 55.0 Å². The summed E-state index contributed by atoms with van der Waals surface area (Å²) >= 11 is 0. The smallest absolute Gasteiger partial charge is 0.223 e. The fourth-order valence-electron chi connectivity index (χ4n) is 3.63. The third kappa shape index (κ3) is 3.32. The molecule has 0 atom stereocenters. The van der Waals surface area contributed by atoms with Crippen molar-refractivity contribution >= 4 is 21.7 Å². The number of nitrogens with one attached hydrogen (secondary N) is 2. The molecule has 0 fully saturated rings. The Morgan fingerprint density at radius 1 is 0.966 bits per heavy atom. The highest BCUT2D eigenvalue weighted by Crippen LogP contribution is 2.28. The number of methoxy groups -OCH3 is 2. The Labute approximate surface area is 168 Å². The maximum Gasteiger partial charge on any atom is 0.223 e. The van der Waals surface area contributed by atoms with Gasteiger partial charge in [0.05, 0.1) is 24.8 Å². The maximum atomic E-state index is 8.86. The summed E-state index contributed by atoms with van der Waals surface area (Å²) in [6.45, 7) is 2.98. The minimum Gasteiger partial charge on any atom is -0.497 e. The Morgan fingerprint density at radius 3 is 2.41 bits per heavy atom. The van der Waals surface area contributed by atoms with E-state index in [0.717, 1.165) is 33.3 Å². The van der Waals surface area contributed by atoms with E-state index in [0.29, 0.717) is 24.1 Å². The third-order valence-electron chi connectivity index (χ3n) is 5.12. The molecule has 6 heteroatoms. The molecule has 0 aliphatic heterocycles. The average Bonchev–Trinajstić information content (AvgIpc) is 2.73. The summed E-state index contributed by atoms with van der Waals surface area (Å²) in [4.78, 5) is 0. The highest BCUT2D eigenvalue weighted by atomic mass is 16.5. The second-order valence-electron chi connectivity index (χ2n) is 6.97. The zero-order chi connectivity index (χ0) is 20.5. The number of aryl methyl sites for hydroxylation is 1. The molecule has 0 radical (unpaired) electrons. The standard InChI is InChI=1S/C23H23N3O3/c1-14-4-9-20-17(12-14)18-13-19(15-5-7-16(28-3)8-6-15)26(10-11-27-2)22(24)21(18)23(25)29-20/h4-9,12-13,24-25H,10-11H2,1-3H3. The van der Waals surface area contributed by atoms with Crippen molar-refractivity contribution in [3.63, 3.8) is 0 Å². The van der Waals surface area contributed by atoms with Crippen molar-refractivity contribution in [2.75, 3.05) is 20.8 Å². The zero-order valence-electron chi connectivity index (χ0n) is 16.7. The predicted octanol–water partition coefficient (Wildman–Crippen LogP) is 3.98. The number of rotatable bonds is 5. The monoisotopic (exact) mass is 389 g/mol. The van der Waals surface area contributed by atoms with E-state index in [4.69, 9.17) is 24.7 Å². The van der Waals surface area contributed by atoms with Crippen LogP contribution >= 0.6 is 0 Å². The minimum absolute atomic E-state index is 0.00574. The Hall–Kier alpha value is -3.38. The van der Waals surface area contributed by atoms with Crippen LogP contribution in [0.3, 0.4) is 0 Å². The van der Waals surface area contributed by atoms with Gasteiger partial charge in [-0.3, -0.25) is 10.8 Å². The molecule has 2 aromatic carbocycles. The first-order valence-corrected chi connectivity index (χ1v) is 9.37. The molecule has 0 bridgehead atoms. The van der Waals surface area contributed by atoms with Crippen LogP contribution in [0, 0.1) is 17.7 Å². The van der Waals surface area contributed by atoms with Gasteiger partial charge < -0.3 is 18.5 Å². The highest BCUT2D eigenvalue weighted by Gasteiger charge is 2.14. The molecule has 29 heavy (non-hydrogen) atoms. The van der Waals surface area contributed by atoms with Gasteiger partial charge in [0.2, 0.25) is 5.55 Å². The van der Waals surface area contributed by atoms with E-state index < -0.39 is 0 Å². The van der Waals surface area contributed by atoms with Crippen LogP contribution < -0.4 is 15.8 Å². The zero-order valence-corrected chi connectivity index (χ0v) is 16.7. The first-order chi connectivity index (χ1) is 14.0. The molecule has 0 unspecified atom stereocenters. The number of hydrogen-bond acceptors (Lipinski definition) is 5. The van der Waals surface area contributed by atoms with Gasteiger partial charge in [0.1, 0.15) is 16.8 Å². The molecule has 0 saturated carbocycles. The number of pyridine rings is 1. The SMILES string of the molecule is COCCn1c(-c2ccc(OC)cc2)cc2c(c(=N)oc3ccc(C)cc32)c1=N. The van der Waals surface area contributed by atoms with Gasteiger partial charge in [-0.1, -0.05) is 11.6 Å². The minimum atomic E-state index is -0.00574. The number of hydrogen-bond donors (Lipinski definition) is 2. The lowest BCUT2D eigenvalue weighted by molar-refractivity contribution is 0.186. The van der Waals surface area contributed by atoms with Crippen LogP contribution in [0.5, 0.6) is 5.75 Å². The number of benzene rings is 2. The fourth-order valence-corrected chi connectivity index (χ4v) is 3.63. The van der Waals surface area contributed by atoms with E-state index in [2.05, 4.69) is 0 Å². The van der Waals surface area contributed by atoms with Crippen molar-refractivity contribution in [2.24, 2.45) is 0 Å². The van der Waals surface area contributed by atoms with Crippen LogP contribution in [-0.4, -0.2) is 25.4 Å². The van der Waals surface area contributed by atoms with Crippen LogP contribution in [-0.2, 0) is 11.3 Å². The summed E-state index contributed by atoms with van der Waals surface area (Å²) in [5, 5.41) is 19.5. The van der Waals surface area contributed by atoms with Crippen LogP contribution in [0.15, 0.2) is 52.9 Å². The molecule has 4 rings (SSSR count). The first-order valence-electron chi connectivity index (χ1n) is 9.37. The molecular formula is C23H23N3O3. The number of aromatic nitrogens is 1. The predicted molar refractivity (Wildman–Crippen MR) is 112 cm³/mol. The number of nitrogens with zero attached hydrogens (tertiary/aromatic N) is 1. The van der Waals surface area contributed by atoms with E-state index in [-0.39, 0.29) is 11.0 Å². The molecule has 2 heterocycles. The summed E-state index contributed by atoms with van der Waals surface area (Å²) in [6.07, 6.45) is 0. The lowest BCUT2D eigenvalue weighted by atomic mass is 10.0. The fraction of sp³-hybridized carbons (Fsp3) is 0.217. The van der Waals surface area contributed by atoms with Gasteiger partial charge in [0.25, 0.3) is 0 Å². The Kier molecular flexibility index (Phi) is 4.94. The van der Waals surface area contributed by atoms with Crippen molar-refractivity contribution in [3.05, 3.63) is 65.1 Å². The molecule has 2 aromatic heterocycles. The van der Waals surface area contributed by atoms with Gasteiger partial charge in [0.15, 0.2) is 0 Å². The number of fused-ring (bicyclic) bond motifs is 3. The highest BCUT2D eigenvalue weighted by molar-refractivity contribution is 6.05. The summed E-state index contributed by atoms with van der Waals surface area (Å²) in [5.41, 5.74) is 3.82. The third-order valence-corrected chi connectivity index (χ3v) is 5.12. The maximum absolute atomic E-state index is 8.86. The van der Waals surface area contributed by atoms with Crippen molar-refractivity contribution < 1.29 is 13.9 Å². The molecule has 0 spiro atoms. The molecule has 4 aromatic rings. The quantitative estimate of drug-likeness (QED) is 0.507. The lowest BCUT2D eigenvalue weighted by Gasteiger charge is -2.17. The Balaban J connectivity index is 2.11. The summed E-state index contributed by atoms with van der Waals surface area (Å²) in [7, 11) is 3.28. The van der Waals surface area contributed by atoms with Crippen molar-refractivity contribution in [2.45, 2.75) is 13.5 Å². The van der Waals surface area contributed by atoms with Crippen LogP contribution in [0.1, 0.15) is 5.56 Å². The van der Waals surface area contributed by atoms with Crippen molar-refractivity contribution in [3.8, 4) is 17.0 Å². The van der Waals surface area contributed by atoms with E-state index in [1.54, 1.807) is 14.2 Å². The van der Waals surface area contributed by atoms with E-state index in [1.807, 2.05) is 60.0 Å². The lowest BCUT2D eigenvalue weighted by Crippen LogP contribution is -2.27. The van der Waals surface area contributed by atoms with E-state index >= 15 is 0 Å². The second kappa shape index (κ2) is 7.56. The molecular weight excluding hydrogens is 366 g/mol. The van der Waals surface area contributed by atoms with Crippen LogP contribution in [0.4, 0.5) is 0 Å². The van der Waals surface area contributed by atoms with Crippen molar-refractivity contribution in [1.29, 1.82) is 10.8 Å². The van der Waals surface area contributed by atoms with E-state index in [9.17, 15) is 0 Å². The molecule has 148 valence electrons. The van der Waals surface area contributed by atoms with Gasteiger partial charge in [-0.25, -0.2) is 0 Å². The second-order valence-corrected chi connectivity index (χ2v) is 6.97. The summed E-state index contributed by atoms with van der Waals surface area (Å²) in [6, 6.07) is 15.7. The summed E-state index contributed by atoms with van der Waals surface area (Å²) < 4.78 is 18.1. The van der Waals surface area contributed by atoms with Gasteiger partial charge >= 0.3 is 0 Å². The van der Waals surface area contributed by atoms with E-state index in [1.165, 1.54) is 0 Å². The van der Waals surface area contributed by atoms with Gasteiger partial charge in [0, 0.05) is 24.4 Å².